The molecule has 2 N–H and O–H groups in total. The topological polar surface area (TPSA) is 29.3 Å². The first-order valence-electron chi connectivity index (χ1n) is 7.43. The van der Waals surface area contributed by atoms with Crippen molar-refractivity contribution in [2.24, 2.45) is 11.1 Å². The Morgan fingerprint density at radius 2 is 1.68 bits per heavy atom. The molecule has 2 heteroatoms. The summed E-state index contributed by atoms with van der Waals surface area (Å²) in [7, 11) is 0. The number of piperidine rings is 1. The maximum atomic E-state index is 6.12. The van der Waals surface area contributed by atoms with Gasteiger partial charge in [0.15, 0.2) is 0 Å². The van der Waals surface area contributed by atoms with Gasteiger partial charge in [-0.1, -0.05) is 51.1 Å². The predicted octanol–water partition coefficient (Wildman–Crippen LogP) is 3.03. The van der Waals surface area contributed by atoms with E-state index < -0.39 is 0 Å². The Bertz CT molecular complexity index is 383. The molecule has 0 aromatic heterocycles. The lowest BCUT2D eigenvalue weighted by atomic mass is 9.72. The van der Waals surface area contributed by atoms with E-state index in [-0.39, 0.29) is 5.41 Å². The summed E-state index contributed by atoms with van der Waals surface area (Å²) in [6.45, 7) is 11.2. The molecule has 1 aromatic rings. The molecule has 0 amide bonds. The summed E-state index contributed by atoms with van der Waals surface area (Å²) < 4.78 is 0. The number of rotatable bonds is 3. The van der Waals surface area contributed by atoms with Crippen molar-refractivity contribution in [1.82, 2.24) is 4.90 Å². The summed E-state index contributed by atoms with van der Waals surface area (Å²) in [5, 5.41) is 0. The Labute approximate surface area is 118 Å². The minimum atomic E-state index is 0.204. The second-order valence-electron chi connectivity index (χ2n) is 7.19. The Morgan fingerprint density at radius 1 is 1.11 bits per heavy atom. The van der Waals surface area contributed by atoms with Crippen molar-refractivity contribution in [3.8, 4) is 0 Å². The molecule has 1 aliphatic heterocycles. The van der Waals surface area contributed by atoms with E-state index >= 15 is 0 Å². The van der Waals surface area contributed by atoms with Gasteiger partial charge in [-0.05, 0) is 36.9 Å². The van der Waals surface area contributed by atoms with Gasteiger partial charge in [-0.2, -0.15) is 0 Å². The summed E-state index contributed by atoms with van der Waals surface area (Å²) >= 11 is 0. The lowest BCUT2D eigenvalue weighted by molar-refractivity contribution is 0.122. The van der Waals surface area contributed by atoms with Crippen LogP contribution in [0.2, 0.25) is 0 Å². The highest BCUT2D eigenvalue weighted by molar-refractivity contribution is 5.26. The van der Waals surface area contributed by atoms with Crippen molar-refractivity contribution in [3.63, 3.8) is 0 Å². The van der Waals surface area contributed by atoms with Crippen LogP contribution in [0.3, 0.4) is 0 Å². The molecule has 0 aliphatic carbocycles. The van der Waals surface area contributed by atoms with E-state index in [2.05, 4.69) is 56.0 Å². The largest absolute Gasteiger partial charge is 0.330 e. The Morgan fingerprint density at radius 3 is 2.16 bits per heavy atom. The van der Waals surface area contributed by atoms with Gasteiger partial charge in [0.05, 0.1) is 0 Å². The van der Waals surface area contributed by atoms with Crippen LogP contribution < -0.4 is 5.73 Å². The first-order valence-corrected chi connectivity index (χ1v) is 7.43. The van der Waals surface area contributed by atoms with Gasteiger partial charge in [-0.15, -0.1) is 0 Å². The lowest BCUT2D eigenvalue weighted by Crippen LogP contribution is -2.48. The van der Waals surface area contributed by atoms with Crippen molar-refractivity contribution < 1.29 is 0 Å². The summed E-state index contributed by atoms with van der Waals surface area (Å²) in [4.78, 5) is 2.59. The third-order valence-corrected chi connectivity index (χ3v) is 4.29. The maximum Gasteiger partial charge on any atom is 0.00998 e. The molecule has 106 valence electrons. The van der Waals surface area contributed by atoms with Gasteiger partial charge in [0.25, 0.3) is 0 Å². The molecule has 0 spiro atoms. The molecule has 19 heavy (non-hydrogen) atoms. The van der Waals surface area contributed by atoms with Gasteiger partial charge < -0.3 is 10.6 Å². The van der Waals surface area contributed by atoms with Crippen molar-refractivity contribution in [2.75, 3.05) is 26.2 Å². The second-order valence-corrected chi connectivity index (χ2v) is 7.19. The van der Waals surface area contributed by atoms with Crippen molar-refractivity contribution >= 4 is 0 Å². The summed E-state index contributed by atoms with van der Waals surface area (Å²) in [6, 6.07) is 10.8. The van der Waals surface area contributed by atoms with Gasteiger partial charge in [0.1, 0.15) is 0 Å². The molecule has 0 atom stereocenters. The third-order valence-electron chi connectivity index (χ3n) is 4.29. The number of hydrogen-bond acceptors (Lipinski definition) is 2. The highest BCUT2D eigenvalue weighted by Gasteiger charge is 2.35. The molecule has 2 rings (SSSR count). The van der Waals surface area contributed by atoms with Crippen LogP contribution in [-0.2, 0) is 5.41 Å². The van der Waals surface area contributed by atoms with Crippen LogP contribution in [-0.4, -0.2) is 31.1 Å². The van der Waals surface area contributed by atoms with Crippen LogP contribution in [0.25, 0.3) is 0 Å². The molecule has 1 saturated heterocycles. The molecule has 1 heterocycles. The third kappa shape index (κ3) is 3.58. The Hall–Kier alpha value is -0.860. The minimum Gasteiger partial charge on any atom is -0.330 e. The molecule has 2 nitrogen and oxygen atoms in total. The van der Waals surface area contributed by atoms with Gasteiger partial charge in [-0.3, -0.25) is 0 Å². The van der Waals surface area contributed by atoms with E-state index in [0.29, 0.717) is 5.41 Å². The molecule has 0 radical (unpaired) electrons. The van der Waals surface area contributed by atoms with Gasteiger partial charge in [0, 0.05) is 18.5 Å². The minimum absolute atomic E-state index is 0.204. The van der Waals surface area contributed by atoms with Gasteiger partial charge in [-0.25, -0.2) is 0 Å². The van der Waals surface area contributed by atoms with Gasteiger partial charge in [0.2, 0.25) is 0 Å². The first kappa shape index (κ1) is 14.5. The zero-order valence-electron chi connectivity index (χ0n) is 12.7. The van der Waals surface area contributed by atoms with Crippen LogP contribution >= 0.6 is 0 Å². The molecule has 1 aromatic carbocycles. The summed E-state index contributed by atoms with van der Waals surface area (Å²) in [6.07, 6.45) is 2.37. The van der Waals surface area contributed by atoms with E-state index in [1.807, 2.05) is 0 Å². The van der Waals surface area contributed by atoms with E-state index in [4.69, 9.17) is 5.73 Å². The van der Waals surface area contributed by atoms with E-state index in [1.165, 1.54) is 38.0 Å². The number of nitrogens with zero attached hydrogens (tertiary/aromatic N) is 1. The molecule has 0 saturated carbocycles. The first-order chi connectivity index (χ1) is 8.95. The average Bonchev–Trinajstić information content (AvgIpc) is 2.39. The Kier molecular flexibility index (Phi) is 4.32. The van der Waals surface area contributed by atoms with Crippen molar-refractivity contribution in [1.29, 1.82) is 0 Å². The molecular formula is C17H28N2. The second kappa shape index (κ2) is 5.64. The number of benzene rings is 1. The quantitative estimate of drug-likeness (QED) is 0.905. The van der Waals surface area contributed by atoms with Crippen LogP contribution in [0, 0.1) is 5.41 Å². The van der Waals surface area contributed by atoms with Crippen LogP contribution in [0.5, 0.6) is 0 Å². The van der Waals surface area contributed by atoms with E-state index in [1.54, 1.807) is 0 Å². The highest BCUT2D eigenvalue weighted by Crippen LogP contribution is 2.35. The Balaban J connectivity index is 2.04. The fourth-order valence-corrected chi connectivity index (χ4v) is 3.21. The standard InChI is InChI=1S/C17H28N2/c1-16(2,3)14-19-11-9-17(13-18,10-12-19)15-7-5-4-6-8-15/h4-8H,9-14,18H2,1-3H3. The lowest BCUT2D eigenvalue weighted by Gasteiger charge is -2.43. The van der Waals surface area contributed by atoms with Gasteiger partial charge >= 0.3 is 0 Å². The normalized spacial score (nSPS) is 20.4. The van der Waals surface area contributed by atoms with Crippen LogP contribution in [0.15, 0.2) is 30.3 Å². The number of hydrogen-bond donors (Lipinski definition) is 1. The van der Waals surface area contributed by atoms with Crippen molar-refractivity contribution in [2.45, 2.75) is 39.0 Å². The molecule has 0 bridgehead atoms. The molecular weight excluding hydrogens is 232 g/mol. The monoisotopic (exact) mass is 260 g/mol. The van der Waals surface area contributed by atoms with Crippen LogP contribution in [0.4, 0.5) is 0 Å². The SMILES string of the molecule is CC(C)(C)CN1CCC(CN)(c2ccccc2)CC1. The van der Waals surface area contributed by atoms with Crippen LogP contribution in [0.1, 0.15) is 39.2 Å². The fraction of sp³-hybridized carbons (Fsp3) is 0.647. The molecule has 1 aliphatic rings. The zero-order chi connectivity index (χ0) is 13.9. The maximum absolute atomic E-state index is 6.12. The number of likely N-dealkylation sites (tertiary alicyclic amines) is 1. The predicted molar refractivity (Wildman–Crippen MR) is 82.3 cm³/mol. The summed E-state index contributed by atoms with van der Waals surface area (Å²) in [5.74, 6) is 0. The molecule has 0 unspecified atom stereocenters. The smallest absolute Gasteiger partial charge is 0.00998 e. The van der Waals surface area contributed by atoms with E-state index in [9.17, 15) is 0 Å². The zero-order valence-corrected chi connectivity index (χ0v) is 12.7. The summed E-state index contributed by atoms with van der Waals surface area (Å²) in [5.41, 5.74) is 8.14. The van der Waals surface area contributed by atoms with Crippen molar-refractivity contribution in [3.05, 3.63) is 35.9 Å². The highest BCUT2D eigenvalue weighted by atomic mass is 15.1. The fourth-order valence-electron chi connectivity index (χ4n) is 3.21. The average molecular weight is 260 g/mol. The van der Waals surface area contributed by atoms with E-state index in [0.717, 1.165) is 6.54 Å². The molecule has 1 fully saturated rings. The number of nitrogens with two attached hydrogens (primary N) is 1.